The number of amides is 1. The molecule has 3 aromatic rings. The largest absolute Gasteiger partial charge is 0.508 e. The Morgan fingerprint density at radius 1 is 1.17 bits per heavy atom. The van der Waals surface area contributed by atoms with E-state index in [2.05, 4.69) is 10.2 Å². The van der Waals surface area contributed by atoms with Crippen molar-refractivity contribution in [1.82, 2.24) is 15.1 Å². The van der Waals surface area contributed by atoms with Crippen LogP contribution in [0.3, 0.4) is 0 Å². The Kier molecular flexibility index (Phi) is 4.24. The molecule has 148 valence electrons. The third-order valence-corrected chi connectivity index (χ3v) is 5.63. The van der Waals surface area contributed by atoms with Crippen LogP contribution in [0, 0.1) is 0 Å². The second kappa shape index (κ2) is 6.93. The quantitative estimate of drug-likeness (QED) is 0.634. The highest BCUT2D eigenvalue weighted by Gasteiger charge is 2.43. The van der Waals surface area contributed by atoms with Gasteiger partial charge in [-0.3, -0.25) is 9.89 Å². The number of carbonyl (C=O) groups excluding carboxylic acids is 1. The number of H-pyrrole nitrogens is 1. The van der Waals surface area contributed by atoms with Crippen LogP contribution in [-0.4, -0.2) is 50.5 Å². The zero-order valence-corrected chi connectivity index (χ0v) is 15.7. The molecule has 29 heavy (non-hydrogen) atoms. The Morgan fingerprint density at radius 3 is 2.79 bits per heavy atom. The minimum Gasteiger partial charge on any atom is -0.508 e. The van der Waals surface area contributed by atoms with Crippen molar-refractivity contribution >= 4 is 5.91 Å². The summed E-state index contributed by atoms with van der Waals surface area (Å²) in [6.45, 7) is 1.17. The standard InChI is InChI=1S/C22H21N3O4/c26-14-6-3-5-13(11-14)21-18-19(16-8-1-2-9-17(16)27)23-24-20(18)22(28)25(21)12-15-7-4-10-29-15/h1-3,5-6,8-9,11,15,21,26-27H,4,7,10,12H2,(H,23,24)/t15-,21+/m0/s1. The zero-order valence-electron chi connectivity index (χ0n) is 15.7. The fourth-order valence-electron chi connectivity index (χ4n) is 4.31. The maximum absolute atomic E-state index is 13.3. The normalized spacial score (nSPS) is 21.0. The van der Waals surface area contributed by atoms with Gasteiger partial charge >= 0.3 is 0 Å². The molecule has 1 fully saturated rings. The Balaban J connectivity index is 1.65. The molecule has 5 rings (SSSR count). The first kappa shape index (κ1) is 17.8. The van der Waals surface area contributed by atoms with Crippen molar-refractivity contribution in [2.45, 2.75) is 25.0 Å². The van der Waals surface area contributed by atoms with E-state index in [-0.39, 0.29) is 23.5 Å². The highest BCUT2D eigenvalue weighted by atomic mass is 16.5. The molecule has 1 amide bonds. The van der Waals surface area contributed by atoms with Crippen LogP contribution in [0.2, 0.25) is 0 Å². The number of benzene rings is 2. The van der Waals surface area contributed by atoms with Gasteiger partial charge in [0.05, 0.1) is 12.1 Å². The molecule has 0 saturated carbocycles. The molecule has 7 heteroatoms. The summed E-state index contributed by atoms with van der Waals surface area (Å²) < 4.78 is 5.77. The number of phenols is 2. The lowest BCUT2D eigenvalue weighted by atomic mass is 9.95. The van der Waals surface area contributed by atoms with Crippen molar-refractivity contribution in [2.75, 3.05) is 13.2 Å². The molecule has 1 saturated heterocycles. The number of hydrogen-bond donors (Lipinski definition) is 3. The van der Waals surface area contributed by atoms with E-state index in [0.717, 1.165) is 18.4 Å². The monoisotopic (exact) mass is 391 g/mol. The Hall–Kier alpha value is -3.32. The molecule has 3 heterocycles. The Morgan fingerprint density at radius 2 is 2.03 bits per heavy atom. The lowest BCUT2D eigenvalue weighted by Gasteiger charge is -2.28. The van der Waals surface area contributed by atoms with Crippen LogP contribution in [-0.2, 0) is 4.74 Å². The second-order valence-electron chi connectivity index (χ2n) is 7.47. The predicted octanol–water partition coefficient (Wildman–Crippen LogP) is 3.21. The fraction of sp³-hybridized carbons (Fsp3) is 0.273. The summed E-state index contributed by atoms with van der Waals surface area (Å²) >= 11 is 0. The lowest BCUT2D eigenvalue weighted by molar-refractivity contribution is 0.0495. The van der Waals surface area contributed by atoms with E-state index in [1.807, 2.05) is 12.1 Å². The molecule has 0 bridgehead atoms. The van der Waals surface area contributed by atoms with Crippen LogP contribution in [0.4, 0.5) is 0 Å². The van der Waals surface area contributed by atoms with E-state index >= 15 is 0 Å². The van der Waals surface area contributed by atoms with Crippen LogP contribution in [0.25, 0.3) is 11.3 Å². The van der Waals surface area contributed by atoms with Crippen molar-refractivity contribution in [3.8, 4) is 22.8 Å². The van der Waals surface area contributed by atoms with Crippen LogP contribution >= 0.6 is 0 Å². The van der Waals surface area contributed by atoms with E-state index in [4.69, 9.17) is 4.74 Å². The molecule has 1 aromatic heterocycles. The van der Waals surface area contributed by atoms with E-state index < -0.39 is 6.04 Å². The van der Waals surface area contributed by atoms with Gasteiger partial charge in [0.15, 0.2) is 0 Å². The van der Waals surface area contributed by atoms with Gasteiger partial charge in [-0.2, -0.15) is 5.10 Å². The third kappa shape index (κ3) is 2.94. The molecule has 0 unspecified atom stereocenters. The average Bonchev–Trinajstić information content (AvgIpc) is 3.42. The molecule has 2 aromatic carbocycles. The number of aromatic nitrogens is 2. The summed E-state index contributed by atoms with van der Waals surface area (Å²) in [6.07, 6.45) is 1.89. The average molecular weight is 391 g/mol. The summed E-state index contributed by atoms with van der Waals surface area (Å²) in [5.74, 6) is 0.0765. The number of rotatable bonds is 4. The minimum absolute atomic E-state index is 0.00991. The number of hydrogen-bond acceptors (Lipinski definition) is 5. The predicted molar refractivity (Wildman–Crippen MR) is 106 cm³/mol. The third-order valence-electron chi connectivity index (χ3n) is 5.63. The molecule has 0 aliphatic carbocycles. The van der Waals surface area contributed by atoms with Gasteiger partial charge in [-0.25, -0.2) is 0 Å². The molecule has 7 nitrogen and oxygen atoms in total. The number of aromatic amines is 1. The molecular weight excluding hydrogens is 370 g/mol. The van der Waals surface area contributed by atoms with Crippen LogP contribution in [0.5, 0.6) is 11.5 Å². The smallest absolute Gasteiger partial charge is 0.273 e. The first-order chi connectivity index (χ1) is 14.1. The number of nitrogens with zero attached hydrogens (tertiary/aromatic N) is 2. The summed E-state index contributed by atoms with van der Waals surface area (Å²) in [5, 5.41) is 27.6. The van der Waals surface area contributed by atoms with Gasteiger partial charge < -0.3 is 19.8 Å². The molecule has 2 aliphatic rings. The Bertz CT molecular complexity index is 1070. The molecular formula is C22H21N3O4. The number of fused-ring (bicyclic) bond motifs is 1. The van der Waals surface area contributed by atoms with Gasteiger partial charge in [-0.05, 0) is 42.7 Å². The van der Waals surface area contributed by atoms with E-state index in [1.165, 1.54) is 0 Å². The zero-order chi connectivity index (χ0) is 20.0. The number of nitrogens with one attached hydrogen (secondary N) is 1. The number of aromatic hydroxyl groups is 2. The van der Waals surface area contributed by atoms with E-state index in [0.29, 0.717) is 35.7 Å². The SMILES string of the molecule is O=C1c2[nH]nc(-c3ccccc3O)c2[C@@H](c2cccc(O)c2)N1C[C@@H]1CCCO1. The van der Waals surface area contributed by atoms with Gasteiger partial charge in [-0.15, -0.1) is 0 Å². The molecule has 3 N–H and O–H groups in total. The first-order valence-corrected chi connectivity index (χ1v) is 9.71. The summed E-state index contributed by atoms with van der Waals surface area (Å²) in [6, 6.07) is 13.4. The topological polar surface area (TPSA) is 98.7 Å². The van der Waals surface area contributed by atoms with Crippen LogP contribution < -0.4 is 0 Å². The summed E-state index contributed by atoms with van der Waals surface area (Å²) in [7, 11) is 0. The molecule has 2 atom stereocenters. The second-order valence-corrected chi connectivity index (χ2v) is 7.47. The number of para-hydroxylation sites is 1. The van der Waals surface area contributed by atoms with Crippen LogP contribution in [0.15, 0.2) is 48.5 Å². The summed E-state index contributed by atoms with van der Waals surface area (Å²) in [4.78, 5) is 15.0. The van der Waals surface area contributed by atoms with Gasteiger partial charge in [0.25, 0.3) is 5.91 Å². The number of carbonyl (C=O) groups is 1. The van der Waals surface area contributed by atoms with Gasteiger partial charge in [0.2, 0.25) is 0 Å². The van der Waals surface area contributed by atoms with Crippen molar-refractivity contribution in [2.24, 2.45) is 0 Å². The van der Waals surface area contributed by atoms with Gasteiger partial charge in [0.1, 0.15) is 22.9 Å². The van der Waals surface area contributed by atoms with Crippen molar-refractivity contribution in [3.05, 3.63) is 65.4 Å². The number of phenolic OH excluding ortho intramolecular Hbond substituents is 2. The maximum atomic E-state index is 13.3. The first-order valence-electron chi connectivity index (χ1n) is 9.71. The summed E-state index contributed by atoms with van der Waals surface area (Å²) in [5.41, 5.74) is 3.00. The molecule has 0 radical (unpaired) electrons. The van der Waals surface area contributed by atoms with Gasteiger partial charge in [-0.1, -0.05) is 24.3 Å². The maximum Gasteiger partial charge on any atom is 0.273 e. The Labute approximate surface area is 167 Å². The molecule has 2 aliphatic heterocycles. The van der Waals surface area contributed by atoms with Crippen molar-refractivity contribution < 1.29 is 19.7 Å². The lowest BCUT2D eigenvalue weighted by Crippen LogP contribution is -2.36. The van der Waals surface area contributed by atoms with Crippen LogP contribution in [0.1, 0.15) is 40.5 Å². The number of ether oxygens (including phenoxy) is 1. The highest BCUT2D eigenvalue weighted by molar-refractivity contribution is 6.00. The molecule has 0 spiro atoms. The van der Waals surface area contributed by atoms with Gasteiger partial charge in [0, 0.05) is 24.3 Å². The van der Waals surface area contributed by atoms with E-state index in [1.54, 1.807) is 41.3 Å². The highest BCUT2D eigenvalue weighted by Crippen LogP contribution is 2.45. The fourth-order valence-corrected chi connectivity index (χ4v) is 4.31. The van der Waals surface area contributed by atoms with Crippen molar-refractivity contribution in [3.63, 3.8) is 0 Å². The van der Waals surface area contributed by atoms with E-state index in [9.17, 15) is 15.0 Å². The minimum atomic E-state index is -0.429. The van der Waals surface area contributed by atoms with Crippen molar-refractivity contribution in [1.29, 1.82) is 0 Å².